The number of carbonyl (C=O) groups is 2. The molecule has 0 aliphatic heterocycles. The highest BCUT2D eigenvalue weighted by Gasteiger charge is 2.43. The predicted octanol–water partition coefficient (Wildman–Crippen LogP) is 6.53. The van der Waals surface area contributed by atoms with Crippen LogP contribution in [0.3, 0.4) is 0 Å². The maximum Gasteiger partial charge on any atom is 0.321 e. The maximum absolute atomic E-state index is 13.7. The summed E-state index contributed by atoms with van der Waals surface area (Å²) in [5, 5.41) is 0. The van der Waals surface area contributed by atoms with Crippen LogP contribution < -0.4 is 9.47 Å². The normalized spacial score (nSPS) is 13.3. The molecule has 5 heteroatoms. The molecule has 33 heavy (non-hydrogen) atoms. The summed E-state index contributed by atoms with van der Waals surface area (Å²) in [7, 11) is 1.63. The lowest BCUT2D eigenvalue weighted by molar-refractivity contribution is -0.164. The summed E-state index contributed by atoms with van der Waals surface area (Å²) < 4.78 is 17.4. The molecule has 0 aliphatic carbocycles. The molecule has 0 amide bonds. The van der Waals surface area contributed by atoms with Gasteiger partial charge in [-0.3, -0.25) is 9.59 Å². The lowest BCUT2D eigenvalue weighted by Gasteiger charge is -2.34. The van der Waals surface area contributed by atoms with Crippen LogP contribution >= 0.6 is 0 Å². The van der Waals surface area contributed by atoms with E-state index >= 15 is 0 Å². The summed E-state index contributed by atoms with van der Waals surface area (Å²) in [5.41, 5.74) is 0.735. The number of carbonyl (C=O) groups excluding carboxylic acids is 2. The second-order valence-electron chi connectivity index (χ2n) is 11.1. The number of esters is 2. The molecule has 2 aromatic rings. The van der Waals surface area contributed by atoms with E-state index in [0.717, 1.165) is 16.7 Å². The molecule has 2 rings (SSSR count). The molecule has 0 bridgehead atoms. The first kappa shape index (κ1) is 26.4. The van der Waals surface area contributed by atoms with E-state index in [4.69, 9.17) is 14.2 Å². The lowest BCUT2D eigenvalue weighted by atomic mass is 9.78. The van der Waals surface area contributed by atoms with E-state index in [9.17, 15) is 9.59 Å². The fourth-order valence-corrected chi connectivity index (χ4v) is 3.70. The van der Waals surface area contributed by atoms with Crippen molar-refractivity contribution < 1.29 is 23.8 Å². The van der Waals surface area contributed by atoms with Gasteiger partial charge >= 0.3 is 11.9 Å². The van der Waals surface area contributed by atoms with Crippen LogP contribution in [0.15, 0.2) is 42.5 Å². The van der Waals surface area contributed by atoms with Gasteiger partial charge in [-0.15, -0.1) is 0 Å². The monoisotopic (exact) mass is 454 g/mol. The molecular weight excluding hydrogens is 416 g/mol. The van der Waals surface area contributed by atoms with Gasteiger partial charge in [0.15, 0.2) is 0 Å². The van der Waals surface area contributed by atoms with Crippen molar-refractivity contribution in [3.8, 4) is 11.5 Å². The van der Waals surface area contributed by atoms with Gasteiger partial charge in [0, 0.05) is 18.1 Å². The average molecular weight is 455 g/mol. The molecule has 0 aliphatic rings. The van der Waals surface area contributed by atoms with Crippen LogP contribution in [-0.4, -0.2) is 19.0 Å². The van der Waals surface area contributed by atoms with Crippen LogP contribution in [0.25, 0.3) is 0 Å². The molecular formula is C28H38O5. The van der Waals surface area contributed by atoms with Gasteiger partial charge in [-0.2, -0.15) is 0 Å². The van der Waals surface area contributed by atoms with Crippen LogP contribution in [-0.2, 0) is 25.2 Å². The molecule has 180 valence electrons. The molecule has 2 aromatic carbocycles. The van der Waals surface area contributed by atoms with Gasteiger partial charge < -0.3 is 14.2 Å². The molecule has 0 unspecified atom stereocenters. The van der Waals surface area contributed by atoms with E-state index in [-0.39, 0.29) is 10.8 Å². The zero-order chi connectivity index (χ0) is 25.2. The van der Waals surface area contributed by atoms with Crippen molar-refractivity contribution >= 4 is 11.9 Å². The van der Waals surface area contributed by atoms with Gasteiger partial charge in [0.2, 0.25) is 0 Å². The summed E-state index contributed by atoms with van der Waals surface area (Å²) in [6, 6.07) is 13.1. The standard InChI is InChI=1S/C28H38O5/c1-18(29)32-24(19-14-12-11-13-15-19)28(8,9)25(30)33-23-21(26(2,3)4)16-20(31-10)17-22(23)27(5,6)7/h11-17,24H,1-10H3/t24-/m0/s1. The second-order valence-corrected chi connectivity index (χ2v) is 11.1. The highest BCUT2D eigenvalue weighted by Crippen LogP contribution is 2.45. The zero-order valence-electron chi connectivity index (χ0n) is 21.7. The van der Waals surface area contributed by atoms with Crippen LogP contribution in [0.5, 0.6) is 11.5 Å². The molecule has 0 heterocycles. The molecule has 1 atom stereocenters. The Morgan fingerprint density at radius 2 is 1.30 bits per heavy atom. The van der Waals surface area contributed by atoms with Gasteiger partial charge in [0.05, 0.1) is 7.11 Å². The molecule has 0 N–H and O–H groups in total. The smallest absolute Gasteiger partial charge is 0.321 e. The van der Waals surface area contributed by atoms with Crippen molar-refractivity contribution in [3.05, 3.63) is 59.2 Å². The third-order valence-corrected chi connectivity index (χ3v) is 5.68. The van der Waals surface area contributed by atoms with E-state index in [0.29, 0.717) is 11.5 Å². The number of hydrogen-bond acceptors (Lipinski definition) is 5. The SMILES string of the molecule is COc1cc(C(C)(C)C)c(OC(=O)C(C)(C)[C@@H](OC(C)=O)c2ccccc2)c(C(C)(C)C)c1. The Labute approximate surface area is 198 Å². The number of methoxy groups -OCH3 is 1. The third kappa shape index (κ3) is 6.16. The summed E-state index contributed by atoms with van der Waals surface area (Å²) in [4.78, 5) is 25.6. The third-order valence-electron chi connectivity index (χ3n) is 5.68. The highest BCUT2D eigenvalue weighted by molar-refractivity contribution is 5.81. The lowest BCUT2D eigenvalue weighted by Crippen LogP contribution is -2.38. The molecule has 0 saturated carbocycles. The van der Waals surface area contributed by atoms with Crippen LogP contribution in [0.4, 0.5) is 0 Å². The maximum atomic E-state index is 13.7. The summed E-state index contributed by atoms with van der Waals surface area (Å²) in [5.74, 6) is 0.313. The van der Waals surface area contributed by atoms with Crippen molar-refractivity contribution in [2.75, 3.05) is 7.11 Å². The second kappa shape index (κ2) is 9.58. The van der Waals surface area contributed by atoms with Gasteiger partial charge in [-0.25, -0.2) is 0 Å². The average Bonchev–Trinajstić information content (AvgIpc) is 2.70. The molecule has 0 saturated heterocycles. The van der Waals surface area contributed by atoms with Crippen LogP contribution in [0, 0.1) is 5.41 Å². The first-order valence-corrected chi connectivity index (χ1v) is 11.3. The number of rotatable bonds is 6. The van der Waals surface area contributed by atoms with Gasteiger partial charge in [0.25, 0.3) is 0 Å². The Hall–Kier alpha value is -2.82. The number of hydrogen-bond donors (Lipinski definition) is 0. The zero-order valence-corrected chi connectivity index (χ0v) is 21.7. The molecule has 0 aromatic heterocycles. The number of benzene rings is 2. The first-order valence-electron chi connectivity index (χ1n) is 11.3. The van der Waals surface area contributed by atoms with E-state index in [1.165, 1.54) is 6.92 Å². The number of ether oxygens (including phenoxy) is 3. The van der Waals surface area contributed by atoms with Crippen LogP contribution in [0.2, 0.25) is 0 Å². The Kier molecular flexibility index (Phi) is 7.67. The van der Waals surface area contributed by atoms with Crippen molar-refractivity contribution in [3.63, 3.8) is 0 Å². The minimum Gasteiger partial charge on any atom is -0.497 e. The summed E-state index contributed by atoms with van der Waals surface area (Å²) in [6.07, 6.45) is -0.793. The van der Waals surface area contributed by atoms with E-state index in [2.05, 4.69) is 41.5 Å². The largest absolute Gasteiger partial charge is 0.497 e. The van der Waals surface area contributed by atoms with E-state index in [1.807, 2.05) is 42.5 Å². The highest BCUT2D eigenvalue weighted by atomic mass is 16.6. The molecule has 0 fully saturated rings. The Morgan fingerprint density at radius 1 is 0.818 bits per heavy atom. The van der Waals surface area contributed by atoms with E-state index < -0.39 is 23.5 Å². The summed E-state index contributed by atoms with van der Waals surface area (Å²) >= 11 is 0. The van der Waals surface area contributed by atoms with Crippen molar-refractivity contribution in [2.45, 2.75) is 79.2 Å². The van der Waals surface area contributed by atoms with Crippen molar-refractivity contribution in [1.29, 1.82) is 0 Å². The molecule has 0 spiro atoms. The molecule has 0 radical (unpaired) electrons. The van der Waals surface area contributed by atoms with Gasteiger partial charge in [-0.1, -0.05) is 71.9 Å². The van der Waals surface area contributed by atoms with Crippen molar-refractivity contribution in [2.24, 2.45) is 5.41 Å². The Bertz CT molecular complexity index is 956. The summed E-state index contributed by atoms with van der Waals surface area (Å²) in [6.45, 7) is 17.3. The minimum atomic E-state index is -1.14. The van der Waals surface area contributed by atoms with Gasteiger partial charge in [-0.05, 0) is 42.4 Å². The topological polar surface area (TPSA) is 61.8 Å². The Balaban J connectivity index is 2.62. The first-order chi connectivity index (χ1) is 15.1. The van der Waals surface area contributed by atoms with Crippen LogP contribution in [0.1, 0.15) is 85.1 Å². The quantitative estimate of drug-likeness (QED) is 0.367. The minimum absolute atomic E-state index is 0.303. The predicted molar refractivity (Wildman–Crippen MR) is 131 cm³/mol. The fourth-order valence-electron chi connectivity index (χ4n) is 3.70. The fraction of sp³-hybridized carbons (Fsp3) is 0.500. The van der Waals surface area contributed by atoms with Crippen molar-refractivity contribution in [1.82, 2.24) is 0 Å². The Morgan fingerprint density at radius 3 is 1.70 bits per heavy atom. The van der Waals surface area contributed by atoms with Gasteiger partial charge in [0.1, 0.15) is 23.0 Å². The van der Waals surface area contributed by atoms with E-state index in [1.54, 1.807) is 21.0 Å². The molecule has 5 nitrogen and oxygen atoms in total.